The Hall–Kier alpha value is -7.36. The third-order valence-electron chi connectivity index (χ3n) is 10.9. The van der Waals surface area contributed by atoms with Gasteiger partial charge in [0.15, 0.2) is 0 Å². The molecule has 0 aliphatic rings. The van der Waals surface area contributed by atoms with E-state index in [1.54, 1.807) is 0 Å². The minimum Gasteiger partial charge on any atom is -0.456 e. The van der Waals surface area contributed by atoms with Crippen LogP contribution >= 0.6 is 0 Å². The number of furan rings is 1. The number of nitrogens with zero attached hydrogens (tertiary/aromatic N) is 2. The van der Waals surface area contributed by atoms with Crippen LogP contribution in [-0.4, -0.2) is 4.57 Å². The fourth-order valence-corrected chi connectivity index (χ4v) is 8.45. The predicted molar refractivity (Wildman–Crippen MR) is 231 cm³/mol. The van der Waals surface area contributed by atoms with E-state index in [2.05, 4.69) is 216 Å². The lowest BCUT2D eigenvalue weighted by atomic mass is 9.92. The summed E-state index contributed by atoms with van der Waals surface area (Å²) < 4.78 is 9.08. The Bertz CT molecular complexity index is 3140. The second-order valence-corrected chi connectivity index (χ2v) is 14.1. The van der Waals surface area contributed by atoms with Crippen LogP contribution in [0.1, 0.15) is 0 Å². The minimum absolute atomic E-state index is 0.883. The smallest absolute Gasteiger partial charge is 0.138 e. The highest BCUT2D eigenvalue weighted by atomic mass is 16.3. The summed E-state index contributed by atoms with van der Waals surface area (Å²) in [5, 5.41) is 7.13. The lowest BCUT2D eigenvalue weighted by molar-refractivity contribution is 0.669. The van der Waals surface area contributed by atoms with Crippen molar-refractivity contribution in [2.75, 3.05) is 4.90 Å². The molecule has 2 heterocycles. The maximum Gasteiger partial charge on any atom is 0.138 e. The molecule has 3 heteroatoms. The van der Waals surface area contributed by atoms with Crippen molar-refractivity contribution in [3.63, 3.8) is 0 Å². The van der Waals surface area contributed by atoms with Gasteiger partial charge in [-0.3, -0.25) is 0 Å². The van der Waals surface area contributed by atoms with Crippen molar-refractivity contribution in [3.8, 4) is 27.9 Å². The molecular formula is C52H34N2O. The molecule has 0 bridgehead atoms. The molecule has 0 amide bonds. The van der Waals surface area contributed by atoms with Gasteiger partial charge in [-0.25, -0.2) is 0 Å². The molecule has 55 heavy (non-hydrogen) atoms. The van der Waals surface area contributed by atoms with Gasteiger partial charge in [0.25, 0.3) is 0 Å². The van der Waals surface area contributed by atoms with Gasteiger partial charge in [0, 0.05) is 55.9 Å². The Labute approximate surface area is 318 Å². The third-order valence-corrected chi connectivity index (χ3v) is 10.9. The molecule has 0 saturated carbocycles. The average molecular weight is 703 g/mol. The van der Waals surface area contributed by atoms with E-state index in [0.717, 1.165) is 66.8 Å². The van der Waals surface area contributed by atoms with Crippen molar-refractivity contribution in [1.82, 2.24) is 4.57 Å². The average Bonchev–Trinajstić information content (AvgIpc) is 3.79. The van der Waals surface area contributed by atoms with Crippen LogP contribution in [0, 0.1) is 0 Å². The molecule has 0 radical (unpaired) electrons. The molecule has 0 aliphatic carbocycles. The summed E-state index contributed by atoms with van der Waals surface area (Å²) in [7, 11) is 0. The van der Waals surface area contributed by atoms with Gasteiger partial charge in [-0.1, -0.05) is 133 Å². The molecule has 0 aliphatic heterocycles. The molecule has 9 aromatic carbocycles. The number of rotatable bonds is 6. The molecule has 3 nitrogen and oxygen atoms in total. The topological polar surface area (TPSA) is 21.3 Å². The molecule has 0 atom stereocenters. The highest BCUT2D eigenvalue weighted by Gasteiger charge is 2.23. The van der Waals surface area contributed by atoms with Gasteiger partial charge in [-0.05, 0) is 94.2 Å². The van der Waals surface area contributed by atoms with Crippen molar-refractivity contribution in [2.24, 2.45) is 0 Å². The molecule has 2 aromatic heterocycles. The van der Waals surface area contributed by atoms with E-state index >= 15 is 0 Å². The molecule has 258 valence electrons. The summed E-state index contributed by atoms with van der Waals surface area (Å²) in [5.41, 5.74) is 13.2. The predicted octanol–water partition coefficient (Wildman–Crippen LogP) is 14.6. The fraction of sp³-hybridized carbons (Fsp3) is 0. The van der Waals surface area contributed by atoms with Crippen LogP contribution in [0.4, 0.5) is 17.1 Å². The molecular weight excluding hydrogens is 669 g/mol. The molecule has 0 N–H and O–H groups in total. The van der Waals surface area contributed by atoms with Crippen LogP contribution < -0.4 is 4.90 Å². The molecule has 0 fully saturated rings. The quantitative estimate of drug-likeness (QED) is 0.172. The van der Waals surface area contributed by atoms with Gasteiger partial charge in [-0.2, -0.15) is 0 Å². The lowest BCUT2D eigenvalue weighted by Crippen LogP contribution is -2.09. The molecule has 11 aromatic rings. The highest BCUT2D eigenvalue weighted by Crippen LogP contribution is 2.47. The standard InChI is InChI=1S/C52H34N2O/c1-4-16-40(17-5-1)53(41-18-6-2-7-19-41)43-29-26-36(27-30-43)38-28-31-44-46(33-38)54(42-20-8-3-9-21-42)47-34-49-52(45-22-12-13-23-48(45)55-49)50(51(44)47)39-25-24-35-14-10-11-15-37(35)32-39/h1-34H. The van der Waals surface area contributed by atoms with Crippen molar-refractivity contribution in [2.45, 2.75) is 0 Å². The van der Waals surface area contributed by atoms with Gasteiger partial charge in [0.2, 0.25) is 0 Å². The third kappa shape index (κ3) is 5.13. The van der Waals surface area contributed by atoms with Crippen molar-refractivity contribution >= 4 is 71.6 Å². The number of hydrogen-bond acceptors (Lipinski definition) is 2. The Morgan fingerprint density at radius 1 is 0.364 bits per heavy atom. The van der Waals surface area contributed by atoms with Gasteiger partial charge in [-0.15, -0.1) is 0 Å². The minimum atomic E-state index is 0.883. The number of benzene rings is 9. The second kappa shape index (κ2) is 12.6. The molecule has 0 saturated heterocycles. The van der Waals surface area contributed by atoms with Gasteiger partial charge in [0.1, 0.15) is 11.2 Å². The SMILES string of the molecule is c1ccc(N(c2ccccc2)c2ccc(-c3ccc4c5c(-c6ccc7ccccc7c6)c6c(cc5n(-c5ccccc5)c4c3)oc3ccccc36)cc2)cc1. The first kappa shape index (κ1) is 31.2. The van der Waals surface area contributed by atoms with E-state index in [9.17, 15) is 0 Å². The van der Waals surface area contributed by atoms with E-state index in [1.807, 2.05) is 0 Å². The Balaban J connectivity index is 1.15. The zero-order chi connectivity index (χ0) is 36.3. The first-order chi connectivity index (χ1) is 27.3. The summed E-state index contributed by atoms with van der Waals surface area (Å²) in [6.07, 6.45) is 0. The Morgan fingerprint density at radius 3 is 1.71 bits per heavy atom. The summed E-state index contributed by atoms with van der Waals surface area (Å²) in [5.74, 6) is 0. The van der Waals surface area contributed by atoms with E-state index < -0.39 is 0 Å². The summed E-state index contributed by atoms with van der Waals surface area (Å²) >= 11 is 0. The monoisotopic (exact) mass is 702 g/mol. The van der Waals surface area contributed by atoms with Gasteiger partial charge < -0.3 is 13.9 Å². The Kier molecular flexibility index (Phi) is 7.17. The van der Waals surface area contributed by atoms with Crippen LogP contribution in [-0.2, 0) is 0 Å². The summed E-state index contributed by atoms with van der Waals surface area (Å²) in [6.45, 7) is 0. The van der Waals surface area contributed by atoms with E-state index in [4.69, 9.17) is 4.42 Å². The highest BCUT2D eigenvalue weighted by molar-refractivity contribution is 6.27. The second-order valence-electron chi connectivity index (χ2n) is 14.1. The van der Waals surface area contributed by atoms with Crippen molar-refractivity contribution < 1.29 is 4.42 Å². The molecule has 11 rings (SSSR count). The normalized spacial score (nSPS) is 11.6. The summed E-state index contributed by atoms with van der Waals surface area (Å²) in [4.78, 5) is 2.30. The molecule has 0 spiro atoms. The van der Waals surface area contributed by atoms with E-state index in [-0.39, 0.29) is 0 Å². The number of anilines is 3. The van der Waals surface area contributed by atoms with Crippen LogP contribution in [0.3, 0.4) is 0 Å². The van der Waals surface area contributed by atoms with Crippen LogP contribution in [0.15, 0.2) is 211 Å². The van der Waals surface area contributed by atoms with E-state index in [0.29, 0.717) is 0 Å². The number of fused-ring (bicyclic) bond motifs is 7. The molecule has 0 unspecified atom stereocenters. The fourth-order valence-electron chi connectivity index (χ4n) is 8.45. The zero-order valence-corrected chi connectivity index (χ0v) is 29.9. The van der Waals surface area contributed by atoms with E-state index in [1.165, 1.54) is 32.7 Å². The van der Waals surface area contributed by atoms with Gasteiger partial charge in [0.05, 0.1) is 11.0 Å². The first-order valence-corrected chi connectivity index (χ1v) is 18.8. The Morgan fingerprint density at radius 2 is 0.964 bits per heavy atom. The maximum absolute atomic E-state index is 6.67. The first-order valence-electron chi connectivity index (χ1n) is 18.8. The van der Waals surface area contributed by atoms with Crippen LogP contribution in [0.2, 0.25) is 0 Å². The van der Waals surface area contributed by atoms with Crippen LogP contribution in [0.5, 0.6) is 0 Å². The number of hydrogen-bond donors (Lipinski definition) is 0. The maximum atomic E-state index is 6.67. The zero-order valence-electron chi connectivity index (χ0n) is 29.9. The number of para-hydroxylation sites is 4. The van der Waals surface area contributed by atoms with Crippen molar-refractivity contribution in [1.29, 1.82) is 0 Å². The number of aromatic nitrogens is 1. The lowest BCUT2D eigenvalue weighted by Gasteiger charge is -2.25. The van der Waals surface area contributed by atoms with Crippen LogP contribution in [0.25, 0.3) is 82.5 Å². The van der Waals surface area contributed by atoms with Crippen molar-refractivity contribution in [3.05, 3.63) is 206 Å². The largest absolute Gasteiger partial charge is 0.456 e. The van der Waals surface area contributed by atoms with Gasteiger partial charge >= 0.3 is 0 Å². The summed E-state index contributed by atoms with van der Waals surface area (Å²) in [6, 6.07) is 73.8.